The summed E-state index contributed by atoms with van der Waals surface area (Å²) >= 11 is 3.32. The number of thioether (sulfide) groups is 1. The van der Waals surface area contributed by atoms with Crippen LogP contribution in [0, 0.1) is 0 Å². The van der Waals surface area contributed by atoms with Gasteiger partial charge in [0.15, 0.2) is 5.16 Å². The van der Waals surface area contributed by atoms with E-state index in [4.69, 9.17) is 4.42 Å². The van der Waals surface area contributed by atoms with Crippen molar-refractivity contribution in [3.05, 3.63) is 46.1 Å². The van der Waals surface area contributed by atoms with E-state index in [-0.39, 0.29) is 5.09 Å². The smallest absolute Gasteiger partial charge is 0.276 e. The van der Waals surface area contributed by atoms with Crippen molar-refractivity contribution in [2.45, 2.75) is 73.4 Å². The van der Waals surface area contributed by atoms with Gasteiger partial charge in [-0.05, 0) is 49.3 Å². The predicted molar refractivity (Wildman–Crippen MR) is 126 cm³/mol. The minimum absolute atomic E-state index is 0.0436. The molecule has 4 heterocycles. The van der Waals surface area contributed by atoms with Gasteiger partial charge < -0.3 is 8.98 Å². The topological polar surface area (TPSA) is 81.2 Å². The van der Waals surface area contributed by atoms with Crippen molar-refractivity contribution in [2.24, 2.45) is 0 Å². The first-order valence-electron chi connectivity index (χ1n) is 11.3. The van der Waals surface area contributed by atoms with Gasteiger partial charge in [0.1, 0.15) is 11.6 Å². The minimum atomic E-state index is -3.53. The second-order valence-electron chi connectivity index (χ2n) is 8.44. The molecule has 3 aromatic rings. The van der Waals surface area contributed by atoms with Crippen LogP contribution in [0.5, 0.6) is 0 Å². The first-order chi connectivity index (χ1) is 15.6. The summed E-state index contributed by atoms with van der Waals surface area (Å²) in [6, 6.07) is 7.99. The highest BCUT2D eigenvalue weighted by molar-refractivity contribution is 7.98. The molecule has 1 saturated heterocycles. The fourth-order valence-corrected chi connectivity index (χ4v) is 7.63. The summed E-state index contributed by atoms with van der Waals surface area (Å²) < 4.78 is 35.1. The van der Waals surface area contributed by atoms with E-state index in [2.05, 4.69) is 32.3 Å². The first kappa shape index (κ1) is 22.2. The SMILES string of the molecule is O=S(=O)(c1ccc(CSc2nnc(Cc3cccs3)n2C2CCCCC2)o1)N1CCCC1. The van der Waals surface area contributed by atoms with Gasteiger partial charge in [0.2, 0.25) is 5.09 Å². The number of sulfonamides is 1. The molecule has 32 heavy (non-hydrogen) atoms. The van der Waals surface area contributed by atoms with E-state index in [0.29, 0.717) is 30.6 Å². The van der Waals surface area contributed by atoms with Gasteiger partial charge in [0.25, 0.3) is 10.0 Å². The molecule has 10 heteroatoms. The number of aromatic nitrogens is 3. The molecular formula is C22H28N4O3S3. The monoisotopic (exact) mass is 492 g/mol. The average molecular weight is 493 g/mol. The molecule has 172 valence electrons. The van der Waals surface area contributed by atoms with Crippen molar-refractivity contribution >= 4 is 33.1 Å². The maximum atomic E-state index is 12.7. The Labute approximate surface area is 197 Å². The van der Waals surface area contributed by atoms with E-state index in [0.717, 1.165) is 43.1 Å². The summed E-state index contributed by atoms with van der Waals surface area (Å²) in [5.41, 5.74) is 0. The number of hydrogen-bond donors (Lipinski definition) is 0. The molecule has 2 fully saturated rings. The lowest BCUT2D eigenvalue weighted by molar-refractivity contribution is 0.330. The van der Waals surface area contributed by atoms with E-state index in [1.54, 1.807) is 35.2 Å². The number of furan rings is 1. The first-order valence-corrected chi connectivity index (χ1v) is 14.6. The molecule has 0 unspecified atom stereocenters. The number of hydrogen-bond acceptors (Lipinski definition) is 7. The van der Waals surface area contributed by atoms with E-state index in [1.807, 2.05) is 0 Å². The van der Waals surface area contributed by atoms with Crippen LogP contribution in [0.1, 0.15) is 67.4 Å². The lowest BCUT2D eigenvalue weighted by Gasteiger charge is -2.25. The zero-order valence-corrected chi connectivity index (χ0v) is 20.4. The Balaban J connectivity index is 1.33. The lowest BCUT2D eigenvalue weighted by atomic mass is 9.95. The fraction of sp³-hybridized carbons (Fsp3) is 0.545. The molecular weight excluding hydrogens is 464 g/mol. The van der Waals surface area contributed by atoms with Crippen LogP contribution in [0.25, 0.3) is 0 Å². The molecule has 1 aliphatic heterocycles. The third kappa shape index (κ3) is 4.69. The van der Waals surface area contributed by atoms with Crippen LogP contribution in [0.2, 0.25) is 0 Å². The van der Waals surface area contributed by atoms with Gasteiger partial charge in [-0.3, -0.25) is 0 Å². The van der Waals surface area contributed by atoms with Gasteiger partial charge in [0.05, 0.1) is 5.75 Å². The Bertz CT molecular complexity index is 1130. The Kier molecular flexibility index (Phi) is 6.73. The van der Waals surface area contributed by atoms with Crippen molar-refractivity contribution in [3.63, 3.8) is 0 Å². The maximum absolute atomic E-state index is 12.7. The van der Waals surface area contributed by atoms with E-state index >= 15 is 0 Å². The van der Waals surface area contributed by atoms with E-state index in [9.17, 15) is 8.42 Å². The molecule has 0 N–H and O–H groups in total. The molecule has 1 aliphatic carbocycles. The normalized spacial score (nSPS) is 18.5. The van der Waals surface area contributed by atoms with Crippen LogP contribution >= 0.6 is 23.1 Å². The minimum Gasteiger partial charge on any atom is -0.447 e. The standard InChI is InChI=1S/C22H28N4O3S3/c27-32(28,25-12-4-5-13-25)21-11-10-18(29-21)16-31-22-24-23-20(15-19-9-6-14-30-19)26(22)17-7-2-1-3-8-17/h6,9-11,14,17H,1-5,7-8,12-13,15-16H2. The summed E-state index contributed by atoms with van der Waals surface area (Å²) in [6.45, 7) is 1.15. The number of thiophene rings is 1. The number of rotatable bonds is 8. The van der Waals surface area contributed by atoms with Crippen LogP contribution in [0.4, 0.5) is 0 Å². The van der Waals surface area contributed by atoms with Crippen LogP contribution in [0.15, 0.2) is 44.3 Å². The van der Waals surface area contributed by atoms with Gasteiger partial charge in [0, 0.05) is 30.4 Å². The molecule has 1 saturated carbocycles. The highest BCUT2D eigenvalue weighted by atomic mass is 32.2. The van der Waals surface area contributed by atoms with Crippen LogP contribution < -0.4 is 0 Å². The number of nitrogens with zero attached hydrogens (tertiary/aromatic N) is 4. The Morgan fingerprint density at radius 2 is 1.88 bits per heavy atom. The van der Waals surface area contributed by atoms with Crippen molar-refractivity contribution < 1.29 is 12.8 Å². The predicted octanol–water partition coefficient (Wildman–Crippen LogP) is 5.11. The van der Waals surface area contributed by atoms with Gasteiger partial charge in [-0.25, -0.2) is 8.42 Å². The summed E-state index contributed by atoms with van der Waals surface area (Å²) in [4.78, 5) is 1.29. The molecule has 0 amide bonds. The molecule has 0 radical (unpaired) electrons. The van der Waals surface area contributed by atoms with Gasteiger partial charge in [-0.2, -0.15) is 4.31 Å². The summed E-state index contributed by atoms with van der Waals surface area (Å²) in [6.07, 6.45) is 8.69. The quantitative estimate of drug-likeness (QED) is 0.407. The molecule has 0 aromatic carbocycles. The van der Waals surface area contributed by atoms with Gasteiger partial charge in [-0.15, -0.1) is 21.5 Å². The van der Waals surface area contributed by atoms with Gasteiger partial charge in [-0.1, -0.05) is 37.1 Å². The zero-order chi connectivity index (χ0) is 22.0. The second-order valence-corrected chi connectivity index (χ2v) is 12.3. The lowest BCUT2D eigenvalue weighted by Crippen LogP contribution is -2.27. The second kappa shape index (κ2) is 9.70. The molecule has 3 aromatic heterocycles. The Morgan fingerprint density at radius 3 is 2.62 bits per heavy atom. The summed E-state index contributed by atoms with van der Waals surface area (Å²) in [5, 5.41) is 12.1. The van der Waals surface area contributed by atoms with Crippen molar-refractivity contribution in [1.82, 2.24) is 19.1 Å². The third-order valence-corrected chi connectivity index (χ3v) is 9.84. The van der Waals surface area contributed by atoms with Crippen LogP contribution in [-0.2, 0) is 22.2 Å². The highest BCUT2D eigenvalue weighted by Gasteiger charge is 2.30. The molecule has 0 bridgehead atoms. The molecule has 2 aliphatic rings. The van der Waals surface area contributed by atoms with Gasteiger partial charge >= 0.3 is 0 Å². The van der Waals surface area contributed by atoms with E-state index in [1.165, 1.54) is 28.4 Å². The Morgan fingerprint density at radius 1 is 1.06 bits per heavy atom. The largest absolute Gasteiger partial charge is 0.447 e. The van der Waals surface area contributed by atoms with Crippen LogP contribution in [0.3, 0.4) is 0 Å². The van der Waals surface area contributed by atoms with Crippen molar-refractivity contribution in [3.8, 4) is 0 Å². The third-order valence-electron chi connectivity index (χ3n) is 6.23. The summed E-state index contributed by atoms with van der Waals surface area (Å²) in [7, 11) is -3.53. The summed E-state index contributed by atoms with van der Waals surface area (Å²) in [5.74, 6) is 2.18. The molecule has 0 spiro atoms. The molecule has 0 atom stereocenters. The zero-order valence-electron chi connectivity index (χ0n) is 18.0. The highest BCUT2D eigenvalue weighted by Crippen LogP contribution is 2.35. The fourth-order valence-electron chi connectivity index (χ4n) is 4.57. The van der Waals surface area contributed by atoms with Crippen molar-refractivity contribution in [2.75, 3.05) is 13.1 Å². The average Bonchev–Trinajstić information content (AvgIpc) is 3.61. The molecule has 5 rings (SSSR count). The van der Waals surface area contributed by atoms with E-state index < -0.39 is 10.0 Å². The van der Waals surface area contributed by atoms with Crippen LogP contribution in [-0.4, -0.2) is 40.6 Å². The Hall–Kier alpha value is -1.62. The van der Waals surface area contributed by atoms with Crippen molar-refractivity contribution in [1.29, 1.82) is 0 Å². The maximum Gasteiger partial charge on any atom is 0.276 e. The molecule has 7 nitrogen and oxygen atoms in total.